The van der Waals surface area contributed by atoms with E-state index in [4.69, 9.17) is 28.3 Å². The summed E-state index contributed by atoms with van der Waals surface area (Å²) in [5.74, 6) is -0.515. The number of carbonyl (C=O) groups is 1. The van der Waals surface area contributed by atoms with E-state index in [0.717, 1.165) is 0 Å². The number of nitrogens with one attached hydrogen (secondary N) is 1. The molecule has 104 valence electrons. The van der Waals surface area contributed by atoms with E-state index in [1.807, 2.05) is 0 Å². The van der Waals surface area contributed by atoms with E-state index in [1.165, 1.54) is 6.07 Å². The van der Waals surface area contributed by atoms with Crippen molar-refractivity contribution in [2.45, 2.75) is 6.92 Å². The fourth-order valence-corrected chi connectivity index (χ4v) is 2.44. The van der Waals surface area contributed by atoms with Gasteiger partial charge in [0, 0.05) is 4.47 Å². The molecule has 0 aliphatic rings. The molecule has 0 amide bonds. The number of hydrogen-bond acceptors (Lipinski definition) is 3. The van der Waals surface area contributed by atoms with Crippen molar-refractivity contribution in [2.24, 2.45) is 0 Å². The van der Waals surface area contributed by atoms with Crippen LogP contribution in [0.15, 0.2) is 28.7 Å². The van der Waals surface area contributed by atoms with E-state index in [2.05, 4.69) is 26.2 Å². The number of rotatable bonds is 3. The van der Waals surface area contributed by atoms with Crippen molar-refractivity contribution in [3.8, 4) is 0 Å². The Hall–Kier alpha value is -1.30. The first-order valence-corrected chi connectivity index (χ1v) is 7.06. The molecule has 0 saturated carbocycles. The van der Waals surface area contributed by atoms with Gasteiger partial charge >= 0.3 is 5.97 Å². The number of nitrogens with zero attached hydrogens (tertiary/aromatic N) is 1. The van der Waals surface area contributed by atoms with Crippen LogP contribution in [0, 0.1) is 6.92 Å². The molecule has 0 bridgehead atoms. The van der Waals surface area contributed by atoms with Gasteiger partial charge in [-0.2, -0.15) is 0 Å². The second kappa shape index (κ2) is 5.99. The third-order valence-electron chi connectivity index (χ3n) is 2.61. The number of halogens is 3. The third-order valence-corrected chi connectivity index (χ3v) is 4.39. The van der Waals surface area contributed by atoms with E-state index in [1.54, 1.807) is 25.1 Å². The van der Waals surface area contributed by atoms with Gasteiger partial charge in [0.15, 0.2) is 0 Å². The Morgan fingerprint density at radius 3 is 2.55 bits per heavy atom. The van der Waals surface area contributed by atoms with Crippen LogP contribution in [0.5, 0.6) is 0 Å². The lowest BCUT2D eigenvalue weighted by Crippen LogP contribution is -2.03. The molecule has 1 heterocycles. The fourth-order valence-electron chi connectivity index (χ4n) is 1.62. The molecule has 2 rings (SSSR count). The van der Waals surface area contributed by atoms with Gasteiger partial charge in [-0.15, -0.1) is 0 Å². The highest BCUT2D eigenvalue weighted by Crippen LogP contribution is 2.36. The Balaban J connectivity index is 2.34. The maximum Gasteiger partial charge on any atom is 0.337 e. The number of pyridine rings is 1. The fraction of sp³-hybridized carbons (Fsp3) is 0.0769. The summed E-state index contributed by atoms with van der Waals surface area (Å²) in [5, 5.41) is 12.7. The zero-order valence-electron chi connectivity index (χ0n) is 10.2. The van der Waals surface area contributed by atoms with Crippen LogP contribution in [-0.4, -0.2) is 16.1 Å². The number of aromatic carboxylic acids is 1. The molecule has 1 aromatic heterocycles. The van der Waals surface area contributed by atoms with E-state index in [9.17, 15) is 4.79 Å². The van der Waals surface area contributed by atoms with Gasteiger partial charge in [0.05, 0.1) is 27.0 Å². The van der Waals surface area contributed by atoms with Crippen molar-refractivity contribution >= 4 is 56.6 Å². The van der Waals surface area contributed by atoms with Crippen molar-refractivity contribution in [3.05, 3.63) is 50.0 Å². The van der Waals surface area contributed by atoms with Crippen molar-refractivity contribution in [2.75, 3.05) is 5.32 Å². The molecule has 1 aromatic carbocycles. The maximum absolute atomic E-state index is 10.9. The van der Waals surface area contributed by atoms with Gasteiger partial charge in [-0.25, -0.2) is 9.78 Å². The van der Waals surface area contributed by atoms with Gasteiger partial charge in [-0.1, -0.05) is 23.2 Å². The predicted octanol–water partition coefficient (Wildman–Crippen LogP) is 4.90. The standard InChI is InChI=1S/C13H9BrCl2N2O2/c1-6-7(13(19)20)2-5-10(17-6)18-9-4-3-8(14)11(15)12(9)16/h2-5H,1H3,(H,17,18)(H,19,20). The number of carboxylic acid groups (broad SMARTS) is 1. The number of benzene rings is 1. The van der Waals surface area contributed by atoms with Gasteiger partial charge < -0.3 is 10.4 Å². The van der Waals surface area contributed by atoms with Gasteiger partial charge in [0.1, 0.15) is 5.82 Å². The van der Waals surface area contributed by atoms with Gasteiger partial charge in [0.25, 0.3) is 0 Å². The van der Waals surface area contributed by atoms with E-state index < -0.39 is 5.97 Å². The van der Waals surface area contributed by atoms with Crippen molar-refractivity contribution in [1.82, 2.24) is 4.98 Å². The molecule has 7 heteroatoms. The van der Waals surface area contributed by atoms with E-state index >= 15 is 0 Å². The number of aryl methyl sites for hydroxylation is 1. The van der Waals surface area contributed by atoms with Crippen LogP contribution in [0.4, 0.5) is 11.5 Å². The second-order valence-corrected chi connectivity index (χ2v) is 5.59. The first kappa shape index (κ1) is 15.1. The summed E-state index contributed by atoms with van der Waals surface area (Å²) >= 11 is 15.4. The van der Waals surface area contributed by atoms with Gasteiger partial charge in [-0.3, -0.25) is 0 Å². The minimum atomic E-state index is -1.01. The van der Waals surface area contributed by atoms with Crippen LogP contribution >= 0.6 is 39.1 Å². The quantitative estimate of drug-likeness (QED) is 0.749. The molecule has 0 aliphatic heterocycles. The molecule has 0 aliphatic carbocycles. The lowest BCUT2D eigenvalue weighted by Gasteiger charge is -2.11. The Kier molecular flexibility index (Phi) is 4.52. The highest BCUT2D eigenvalue weighted by molar-refractivity contribution is 9.10. The van der Waals surface area contributed by atoms with Gasteiger partial charge in [-0.05, 0) is 47.1 Å². The highest BCUT2D eigenvalue weighted by atomic mass is 79.9. The average molecular weight is 376 g/mol. The molecule has 2 N–H and O–H groups in total. The van der Waals surface area contributed by atoms with Crippen LogP contribution in [-0.2, 0) is 0 Å². The lowest BCUT2D eigenvalue weighted by molar-refractivity contribution is 0.0695. The zero-order chi connectivity index (χ0) is 14.9. The van der Waals surface area contributed by atoms with E-state index in [-0.39, 0.29) is 5.56 Å². The van der Waals surface area contributed by atoms with Gasteiger partial charge in [0.2, 0.25) is 0 Å². The van der Waals surface area contributed by atoms with Crippen molar-refractivity contribution in [3.63, 3.8) is 0 Å². The molecule has 0 saturated heterocycles. The van der Waals surface area contributed by atoms with Crippen LogP contribution in [0.2, 0.25) is 10.0 Å². The Morgan fingerprint density at radius 1 is 1.25 bits per heavy atom. The van der Waals surface area contributed by atoms with Crippen LogP contribution < -0.4 is 5.32 Å². The Labute approximate surface area is 133 Å². The smallest absolute Gasteiger partial charge is 0.337 e. The van der Waals surface area contributed by atoms with Crippen LogP contribution in [0.3, 0.4) is 0 Å². The largest absolute Gasteiger partial charge is 0.478 e. The Bertz CT molecular complexity index is 692. The molecule has 0 fully saturated rings. The van der Waals surface area contributed by atoms with Crippen molar-refractivity contribution < 1.29 is 9.90 Å². The first-order chi connectivity index (χ1) is 9.40. The molecule has 2 aromatic rings. The predicted molar refractivity (Wildman–Crippen MR) is 83.4 cm³/mol. The number of anilines is 2. The number of aromatic nitrogens is 1. The maximum atomic E-state index is 10.9. The third kappa shape index (κ3) is 3.06. The molecule has 0 unspecified atom stereocenters. The summed E-state index contributed by atoms with van der Waals surface area (Å²) in [6, 6.07) is 6.57. The molecule has 4 nitrogen and oxygen atoms in total. The molecule has 0 radical (unpaired) electrons. The van der Waals surface area contributed by atoms with Crippen LogP contribution in [0.25, 0.3) is 0 Å². The number of hydrogen-bond donors (Lipinski definition) is 2. The summed E-state index contributed by atoms with van der Waals surface area (Å²) in [5.41, 5.74) is 1.17. The molecule has 0 spiro atoms. The monoisotopic (exact) mass is 374 g/mol. The summed E-state index contributed by atoms with van der Waals surface area (Å²) in [6.45, 7) is 1.63. The highest BCUT2D eigenvalue weighted by Gasteiger charge is 2.11. The summed E-state index contributed by atoms with van der Waals surface area (Å²) in [4.78, 5) is 15.1. The Morgan fingerprint density at radius 2 is 1.95 bits per heavy atom. The molecule has 0 atom stereocenters. The summed E-state index contributed by atoms with van der Waals surface area (Å²) < 4.78 is 0.695. The first-order valence-electron chi connectivity index (χ1n) is 5.51. The molecular weight excluding hydrogens is 367 g/mol. The minimum absolute atomic E-state index is 0.162. The lowest BCUT2D eigenvalue weighted by atomic mass is 10.2. The SMILES string of the molecule is Cc1nc(Nc2ccc(Br)c(Cl)c2Cl)ccc1C(=O)O. The molecular formula is C13H9BrCl2N2O2. The average Bonchev–Trinajstić information content (AvgIpc) is 2.39. The normalized spacial score (nSPS) is 10.4. The minimum Gasteiger partial charge on any atom is -0.478 e. The van der Waals surface area contributed by atoms with Crippen molar-refractivity contribution in [1.29, 1.82) is 0 Å². The second-order valence-electron chi connectivity index (χ2n) is 3.98. The molecule has 20 heavy (non-hydrogen) atoms. The summed E-state index contributed by atoms with van der Waals surface area (Å²) in [7, 11) is 0. The number of carboxylic acids is 1. The summed E-state index contributed by atoms with van der Waals surface area (Å²) in [6.07, 6.45) is 0. The van der Waals surface area contributed by atoms with Crippen LogP contribution in [0.1, 0.15) is 16.1 Å². The van der Waals surface area contributed by atoms with E-state index in [0.29, 0.717) is 31.7 Å². The zero-order valence-corrected chi connectivity index (χ0v) is 13.3. The topological polar surface area (TPSA) is 62.2 Å².